The van der Waals surface area contributed by atoms with E-state index in [0.717, 1.165) is 40.2 Å². The second kappa shape index (κ2) is 11.5. The molecule has 0 amide bonds. The molecule has 0 aliphatic heterocycles. The van der Waals surface area contributed by atoms with Crippen LogP contribution < -0.4 is 11.2 Å². The summed E-state index contributed by atoms with van der Waals surface area (Å²) in [5.74, 6) is -2.94. The van der Waals surface area contributed by atoms with Gasteiger partial charge in [-0.3, -0.25) is 4.79 Å². The van der Waals surface area contributed by atoms with Crippen LogP contribution in [0.25, 0.3) is 27.5 Å². The third-order valence-electron chi connectivity index (χ3n) is 6.79. The Balaban J connectivity index is 1.99. The molecule has 15 heteroatoms. The number of esters is 1. The van der Waals surface area contributed by atoms with Gasteiger partial charge in [0.2, 0.25) is 0 Å². The minimum Gasteiger partial charge on any atom is -0.455 e. The van der Waals surface area contributed by atoms with E-state index in [4.69, 9.17) is 9.47 Å². The summed E-state index contributed by atoms with van der Waals surface area (Å²) in [7, 11) is 0. The fraction of sp³-hybridized carbons (Fsp3) is 0.312. The van der Waals surface area contributed by atoms with Crippen LogP contribution in [0.5, 0.6) is 0 Å². The first kappa shape index (κ1) is 33.6. The minimum atomic E-state index is -4.91. The lowest BCUT2D eigenvalue weighted by molar-refractivity contribution is -0.137. The van der Waals surface area contributed by atoms with Crippen molar-refractivity contribution in [2.24, 2.45) is 0 Å². The highest BCUT2D eigenvalue weighted by atomic mass is 32.1. The molecule has 0 unspecified atom stereocenters. The van der Waals surface area contributed by atoms with Crippen LogP contribution in [-0.4, -0.2) is 37.0 Å². The number of ether oxygens (including phenoxy) is 2. The summed E-state index contributed by atoms with van der Waals surface area (Å²) in [6, 6.07) is 4.83. The van der Waals surface area contributed by atoms with E-state index in [1.807, 2.05) is 0 Å². The van der Waals surface area contributed by atoms with E-state index in [1.54, 1.807) is 0 Å². The van der Waals surface area contributed by atoms with Gasteiger partial charge < -0.3 is 14.0 Å². The maximum Gasteiger partial charge on any atom is 0.423 e. The molecule has 3 aromatic heterocycles. The highest BCUT2D eigenvalue weighted by Gasteiger charge is 2.36. The molecule has 2 aromatic carbocycles. The summed E-state index contributed by atoms with van der Waals surface area (Å²) in [6.45, 7) is 8.50. The van der Waals surface area contributed by atoms with Crippen molar-refractivity contribution >= 4 is 45.2 Å². The predicted octanol–water partition coefficient (Wildman–Crippen LogP) is 7.25. The Hall–Kier alpha value is -4.79. The van der Waals surface area contributed by atoms with Crippen molar-refractivity contribution in [3.8, 4) is 5.69 Å². The molecule has 0 saturated carbocycles. The number of benzene rings is 2. The first-order valence-electron chi connectivity index (χ1n) is 14.1. The lowest BCUT2D eigenvalue weighted by Gasteiger charge is -2.22. The zero-order valence-corrected chi connectivity index (χ0v) is 26.7. The number of alkyl halides is 3. The topological polar surface area (TPSA) is 102 Å². The van der Waals surface area contributed by atoms with Crippen LogP contribution in [0, 0.1) is 11.6 Å². The summed E-state index contributed by atoms with van der Waals surface area (Å²) in [5.41, 5.74) is -7.78. The van der Waals surface area contributed by atoms with Gasteiger partial charge in [0.15, 0.2) is 5.69 Å². The van der Waals surface area contributed by atoms with Crippen LogP contribution in [0.3, 0.4) is 0 Å². The van der Waals surface area contributed by atoms with Gasteiger partial charge in [0.1, 0.15) is 22.8 Å². The SMILES string of the molecule is CC(C)(C)OC(=O)c1c(-n2c(=O)c3cscc3n(C(=O)OC(C)(C)C)c2=O)c2cc(C(F)(F)F)ccc2n1Cc1cc(F)ccc1F. The fourth-order valence-corrected chi connectivity index (χ4v) is 5.77. The summed E-state index contributed by atoms with van der Waals surface area (Å²) in [5, 5.41) is 2.06. The summed E-state index contributed by atoms with van der Waals surface area (Å²) < 4.78 is 84.3. The number of thiophene rings is 1. The Morgan fingerprint density at radius 2 is 1.49 bits per heavy atom. The van der Waals surface area contributed by atoms with Crippen LogP contribution in [0.4, 0.5) is 26.7 Å². The predicted molar refractivity (Wildman–Crippen MR) is 164 cm³/mol. The van der Waals surface area contributed by atoms with Crippen molar-refractivity contribution in [2.75, 3.05) is 0 Å². The summed E-state index contributed by atoms with van der Waals surface area (Å²) in [6.07, 6.45) is -6.10. The number of halogens is 5. The largest absolute Gasteiger partial charge is 0.455 e. The number of aromatic nitrogens is 3. The zero-order valence-electron chi connectivity index (χ0n) is 25.9. The van der Waals surface area contributed by atoms with E-state index in [0.29, 0.717) is 21.3 Å². The standard InChI is InChI=1S/C32H28F5N3O6S/c1-30(2,3)45-27(42)25-24(40-26(41)20-14-47-15-23(20)39(28(40)43)29(44)46-31(4,5)6)19-12-17(32(35,36)37)7-10-22(19)38(25)13-16-11-18(33)8-9-21(16)34/h7-12,14-15H,13H2,1-6H3. The quantitative estimate of drug-likeness (QED) is 0.147. The summed E-state index contributed by atoms with van der Waals surface area (Å²) >= 11 is 0.963. The van der Waals surface area contributed by atoms with Crippen molar-refractivity contribution < 1.29 is 41.0 Å². The molecular formula is C32H28F5N3O6S. The average Bonchev–Trinajstić information content (AvgIpc) is 3.52. The Morgan fingerprint density at radius 1 is 0.830 bits per heavy atom. The molecule has 0 bridgehead atoms. The van der Waals surface area contributed by atoms with Crippen LogP contribution >= 0.6 is 11.3 Å². The molecule has 5 aromatic rings. The number of hydrogen-bond acceptors (Lipinski definition) is 7. The third-order valence-corrected chi connectivity index (χ3v) is 7.52. The molecule has 0 saturated heterocycles. The lowest BCUT2D eigenvalue weighted by Crippen LogP contribution is -2.43. The minimum absolute atomic E-state index is 0.129. The number of hydrogen-bond donors (Lipinski definition) is 0. The van der Waals surface area contributed by atoms with Gasteiger partial charge >= 0.3 is 23.9 Å². The molecule has 5 rings (SSSR count). The molecule has 0 fully saturated rings. The van der Waals surface area contributed by atoms with Gasteiger partial charge in [-0.2, -0.15) is 17.7 Å². The monoisotopic (exact) mass is 677 g/mol. The van der Waals surface area contributed by atoms with Gasteiger partial charge in [-0.25, -0.2) is 27.7 Å². The smallest absolute Gasteiger partial charge is 0.423 e. The molecule has 0 radical (unpaired) electrons. The molecule has 0 N–H and O–H groups in total. The van der Waals surface area contributed by atoms with Crippen LogP contribution in [-0.2, 0) is 22.2 Å². The van der Waals surface area contributed by atoms with Crippen molar-refractivity contribution in [1.29, 1.82) is 0 Å². The molecule has 0 spiro atoms. The van der Waals surface area contributed by atoms with Crippen molar-refractivity contribution in [3.05, 3.63) is 96.5 Å². The van der Waals surface area contributed by atoms with Crippen molar-refractivity contribution in [3.63, 3.8) is 0 Å². The molecule has 47 heavy (non-hydrogen) atoms. The maximum atomic E-state index is 14.9. The normalized spacial score (nSPS) is 12.6. The van der Waals surface area contributed by atoms with Gasteiger partial charge in [0.25, 0.3) is 5.56 Å². The number of nitrogens with zero attached hydrogens (tertiary/aromatic N) is 3. The second-order valence-corrected chi connectivity index (χ2v) is 13.4. The molecule has 0 atom stereocenters. The highest BCUT2D eigenvalue weighted by Crippen LogP contribution is 2.37. The highest BCUT2D eigenvalue weighted by molar-refractivity contribution is 7.09. The first-order valence-corrected chi connectivity index (χ1v) is 15.0. The molecule has 0 aliphatic rings. The number of carbonyl (C=O) groups excluding carboxylic acids is 2. The number of fused-ring (bicyclic) bond motifs is 2. The van der Waals surface area contributed by atoms with Crippen LogP contribution in [0.1, 0.15) is 63.2 Å². The van der Waals surface area contributed by atoms with Crippen LogP contribution in [0.2, 0.25) is 0 Å². The van der Waals surface area contributed by atoms with E-state index >= 15 is 0 Å². The molecule has 248 valence electrons. The third kappa shape index (κ3) is 6.44. The number of carbonyl (C=O) groups is 2. The van der Waals surface area contributed by atoms with E-state index in [-0.39, 0.29) is 22.0 Å². The summed E-state index contributed by atoms with van der Waals surface area (Å²) in [4.78, 5) is 55.6. The number of rotatable bonds is 4. The van der Waals surface area contributed by atoms with Gasteiger partial charge in [-0.15, -0.1) is 11.3 Å². The van der Waals surface area contributed by atoms with E-state index in [2.05, 4.69) is 0 Å². The first-order chi connectivity index (χ1) is 21.7. The van der Waals surface area contributed by atoms with E-state index < -0.39 is 81.2 Å². The van der Waals surface area contributed by atoms with Crippen LogP contribution in [0.15, 0.2) is 56.7 Å². The van der Waals surface area contributed by atoms with Crippen molar-refractivity contribution in [2.45, 2.75) is 65.5 Å². The average molecular weight is 678 g/mol. The molecule has 9 nitrogen and oxygen atoms in total. The van der Waals surface area contributed by atoms with Gasteiger partial charge in [-0.05, 0) is 77.9 Å². The van der Waals surface area contributed by atoms with E-state index in [9.17, 15) is 41.1 Å². The Kier molecular flexibility index (Phi) is 8.19. The fourth-order valence-electron chi connectivity index (χ4n) is 4.99. The second-order valence-electron chi connectivity index (χ2n) is 12.7. The Labute approximate surface area is 267 Å². The maximum absolute atomic E-state index is 14.9. The van der Waals surface area contributed by atoms with Crippen molar-refractivity contribution in [1.82, 2.24) is 13.7 Å². The zero-order chi connectivity index (χ0) is 34.8. The molecular weight excluding hydrogens is 649 g/mol. The van der Waals surface area contributed by atoms with E-state index in [1.165, 1.54) is 52.3 Å². The molecule has 0 aliphatic carbocycles. The lowest BCUT2D eigenvalue weighted by atomic mass is 10.1. The van der Waals surface area contributed by atoms with Gasteiger partial charge in [0.05, 0.1) is 34.2 Å². The Morgan fingerprint density at radius 3 is 2.11 bits per heavy atom. The Bertz CT molecular complexity index is 2200. The van der Waals surface area contributed by atoms with Gasteiger partial charge in [0, 0.05) is 21.7 Å². The molecule has 3 heterocycles. The van der Waals surface area contributed by atoms with Gasteiger partial charge in [-0.1, -0.05) is 0 Å².